The molecule has 0 spiro atoms. The normalized spacial score (nSPS) is 11.2. The molecule has 6 heteroatoms. The Morgan fingerprint density at radius 1 is 0.968 bits per heavy atom. The molecule has 0 aliphatic heterocycles. The van der Waals surface area contributed by atoms with Crippen LogP contribution in [0.25, 0.3) is 33.5 Å². The average Bonchev–Trinajstić information content (AvgIpc) is 3.25. The first-order chi connectivity index (χ1) is 15.1. The lowest BCUT2D eigenvalue weighted by Gasteiger charge is -2.18. The van der Waals surface area contributed by atoms with E-state index in [0.717, 1.165) is 47.6 Å². The summed E-state index contributed by atoms with van der Waals surface area (Å²) in [7, 11) is 0. The SMILES string of the molecule is CCN(CC)Cc1cccc(-c2ccc(-c3nc4ccc(C(=O)NO)cc4[nH]3)cc2)c1. The van der Waals surface area contributed by atoms with E-state index in [1.807, 2.05) is 12.1 Å². The zero-order valence-electron chi connectivity index (χ0n) is 17.7. The van der Waals surface area contributed by atoms with Gasteiger partial charge in [0.15, 0.2) is 0 Å². The van der Waals surface area contributed by atoms with Gasteiger partial charge >= 0.3 is 0 Å². The molecule has 0 bridgehead atoms. The molecule has 0 saturated carbocycles. The van der Waals surface area contributed by atoms with Crippen molar-refractivity contribution in [2.45, 2.75) is 20.4 Å². The lowest BCUT2D eigenvalue weighted by Crippen LogP contribution is -2.22. The highest BCUT2D eigenvalue weighted by Gasteiger charge is 2.10. The van der Waals surface area contributed by atoms with Crippen molar-refractivity contribution in [3.8, 4) is 22.5 Å². The third-order valence-corrected chi connectivity index (χ3v) is 5.56. The van der Waals surface area contributed by atoms with Crippen molar-refractivity contribution in [3.05, 3.63) is 77.9 Å². The molecule has 31 heavy (non-hydrogen) atoms. The molecule has 0 radical (unpaired) electrons. The number of nitrogens with one attached hydrogen (secondary N) is 2. The van der Waals surface area contributed by atoms with Crippen LogP contribution in [0, 0.1) is 0 Å². The summed E-state index contributed by atoms with van der Waals surface area (Å²) in [5, 5.41) is 8.82. The van der Waals surface area contributed by atoms with E-state index < -0.39 is 5.91 Å². The minimum Gasteiger partial charge on any atom is -0.338 e. The zero-order valence-corrected chi connectivity index (χ0v) is 17.7. The number of carbonyl (C=O) groups is 1. The summed E-state index contributed by atoms with van der Waals surface area (Å²) in [6.45, 7) is 7.41. The molecule has 158 valence electrons. The number of H-pyrrole nitrogens is 1. The van der Waals surface area contributed by atoms with Crippen LogP contribution in [0.1, 0.15) is 29.8 Å². The minimum atomic E-state index is -0.550. The highest BCUT2D eigenvalue weighted by atomic mass is 16.5. The van der Waals surface area contributed by atoms with E-state index in [1.54, 1.807) is 23.7 Å². The fourth-order valence-corrected chi connectivity index (χ4v) is 3.73. The highest BCUT2D eigenvalue weighted by molar-refractivity contribution is 5.97. The standard InChI is InChI=1S/C25H26N4O2/c1-3-29(4-2)16-17-6-5-7-20(14-17)18-8-10-19(11-9-18)24-26-22-13-12-21(25(30)28-31)15-23(22)27-24/h5-15,31H,3-4,16H2,1-2H3,(H,26,27)(H,28,30). The second-order valence-corrected chi connectivity index (χ2v) is 7.50. The van der Waals surface area contributed by atoms with E-state index in [0.29, 0.717) is 5.56 Å². The highest BCUT2D eigenvalue weighted by Crippen LogP contribution is 2.26. The van der Waals surface area contributed by atoms with Crippen LogP contribution in [0.5, 0.6) is 0 Å². The van der Waals surface area contributed by atoms with Crippen LogP contribution in [0.3, 0.4) is 0 Å². The van der Waals surface area contributed by atoms with E-state index in [2.05, 4.69) is 65.1 Å². The van der Waals surface area contributed by atoms with Crippen LogP contribution in [0.4, 0.5) is 0 Å². The number of hydrogen-bond acceptors (Lipinski definition) is 4. The molecule has 6 nitrogen and oxygen atoms in total. The van der Waals surface area contributed by atoms with Crippen LogP contribution in [0.2, 0.25) is 0 Å². The number of aromatic amines is 1. The van der Waals surface area contributed by atoms with Crippen molar-refractivity contribution in [1.82, 2.24) is 20.3 Å². The molecule has 1 heterocycles. The summed E-state index contributed by atoms with van der Waals surface area (Å²) in [6.07, 6.45) is 0. The maximum Gasteiger partial charge on any atom is 0.274 e. The van der Waals surface area contributed by atoms with Crippen molar-refractivity contribution in [2.24, 2.45) is 0 Å². The maximum atomic E-state index is 11.6. The first kappa shape index (κ1) is 20.8. The van der Waals surface area contributed by atoms with E-state index >= 15 is 0 Å². The Morgan fingerprint density at radius 3 is 2.42 bits per heavy atom. The summed E-state index contributed by atoms with van der Waals surface area (Å²) in [5.74, 6) is 0.184. The van der Waals surface area contributed by atoms with Crippen LogP contribution < -0.4 is 5.48 Å². The number of aromatic nitrogens is 2. The number of benzene rings is 3. The van der Waals surface area contributed by atoms with Gasteiger partial charge in [-0.05, 0) is 54.0 Å². The Labute approximate surface area is 181 Å². The van der Waals surface area contributed by atoms with Gasteiger partial charge in [0.25, 0.3) is 5.91 Å². The minimum absolute atomic E-state index is 0.366. The molecule has 0 unspecified atom stereocenters. The van der Waals surface area contributed by atoms with Gasteiger partial charge in [0.2, 0.25) is 0 Å². The van der Waals surface area contributed by atoms with E-state index in [4.69, 9.17) is 5.21 Å². The Balaban J connectivity index is 1.58. The summed E-state index contributed by atoms with van der Waals surface area (Å²) >= 11 is 0. The number of amides is 1. The Morgan fingerprint density at radius 2 is 1.71 bits per heavy atom. The molecule has 3 N–H and O–H groups in total. The van der Waals surface area contributed by atoms with Gasteiger partial charge < -0.3 is 4.98 Å². The van der Waals surface area contributed by atoms with Crippen LogP contribution in [-0.2, 0) is 6.54 Å². The Hall–Kier alpha value is -3.48. The molecule has 4 rings (SSSR count). The van der Waals surface area contributed by atoms with Crippen molar-refractivity contribution in [3.63, 3.8) is 0 Å². The number of hydrogen-bond donors (Lipinski definition) is 3. The van der Waals surface area contributed by atoms with Gasteiger partial charge in [-0.3, -0.25) is 14.9 Å². The summed E-state index contributed by atoms with van der Waals surface area (Å²) < 4.78 is 0. The van der Waals surface area contributed by atoms with Crippen molar-refractivity contribution < 1.29 is 10.0 Å². The van der Waals surface area contributed by atoms with E-state index in [1.165, 1.54) is 11.1 Å². The average molecular weight is 415 g/mol. The molecular formula is C25H26N4O2. The van der Waals surface area contributed by atoms with E-state index in [-0.39, 0.29) is 0 Å². The maximum absolute atomic E-state index is 11.6. The van der Waals surface area contributed by atoms with Gasteiger partial charge in [0.05, 0.1) is 11.0 Å². The van der Waals surface area contributed by atoms with Gasteiger partial charge in [-0.1, -0.05) is 56.3 Å². The predicted molar refractivity (Wildman–Crippen MR) is 123 cm³/mol. The molecule has 1 amide bonds. The monoisotopic (exact) mass is 414 g/mol. The third-order valence-electron chi connectivity index (χ3n) is 5.56. The number of nitrogens with zero attached hydrogens (tertiary/aromatic N) is 2. The number of hydroxylamine groups is 1. The van der Waals surface area contributed by atoms with Crippen LogP contribution in [-0.4, -0.2) is 39.1 Å². The number of rotatable bonds is 7. The van der Waals surface area contributed by atoms with Crippen molar-refractivity contribution >= 4 is 16.9 Å². The molecule has 0 atom stereocenters. The number of imidazole rings is 1. The summed E-state index contributed by atoms with van der Waals surface area (Å²) in [4.78, 5) is 21.9. The fraction of sp³-hybridized carbons (Fsp3) is 0.200. The topological polar surface area (TPSA) is 81.2 Å². The van der Waals surface area contributed by atoms with Crippen LogP contribution in [0.15, 0.2) is 66.7 Å². The Kier molecular flexibility index (Phi) is 6.11. The molecule has 0 aliphatic carbocycles. The van der Waals surface area contributed by atoms with Crippen molar-refractivity contribution in [1.29, 1.82) is 0 Å². The molecule has 0 fully saturated rings. The quantitative estimate of drug-likeness (QED) is 0.298. The summed E-state index contributed by atoms with van der Waals surface area (Å²) in [6, 6.07) is 22.0. The second kappa shape index (κ2) is 9.12. The molecule has 0 saturated heterocycles. The molecule has 3 aromatic carbocycles. The van der Waals surface area contributed by atoms with Gasteiger partial charge in [-0.15, -0.1) is 0 Å². The molecule has 0 aliphatic rings. The number of carbonyl (C=O) groups excluding carboxylic acids is 1. The lowest BCUT2D eigenvalue weighted by atomic mass is 10.0. The van der Waals surface area contributed by atoms with Gasteiger partial charge in [-0.2, -0.15) is 0 Å². The van der Waals surface area contributed by atoms with Gasteiger partial charge in [0.1, 0.15) is 5.82 Å². The van der Waals surface area contributed by atoms with Crippen LogP contribution >= 0.6 is 0 Å². The largest absolute Gasteiger partial charge is 0.338 e. The summed E-state index contributed by atoms with van der Waals surface area (Å²) in [5.41, 5.74) is 8.14. The third kappa shape index (κ3) is 4.50. The molecule has 4 aromatic rings. The van der Waals surface area contributed by atoms with Gasteiger partial charge in [0, 0.05) is 17.7 Å². The fourth-order valence-electron chi connectivity index (χ4n) is 3.73. The first-order valence-electron chi connectivity index (χ1n) is 10.5. The molecular weight excluding hydrogens is 388 g/mol. The first-order valence-corrected chi connectivity index (χ1v) is 10.5. The number of fused-ring (bicyclic) bond motifs is 1. The smallest absolute Gasteiger partial charge is 0.274 e. The Bertz CT molecular complexity index is 1190. The van der Waals surface area contributed by atoms with E-state index in [9.17, 15) is 4.79 Å². The van der Waals surface area contributed by atoms with Gasteiger partial charge in [-0.25, -0.2) is 10.5 Å². The molecule has 1 aromatic heterocycles. The second-order valence-electron chi connectivity index (χ2n) is 7.50. The van der Waals surface area contributed by atoms with Crippen molar-refractivity contribution in [2.75, 3.05) is 13.1 Å². The zero-order chi connectivity index (χ0) is 21.8. The predicted octanol–water partition coefficient (Wildman–Crippen LogP) is 4.86. The lowest BCUT2D eigenvalue weighted by molar-refractivity contribution is 0.0706.